The Morgan fingerprint density at radius 2 is 1.57 bits per heavy atom. The van der Waals surface area contributed by atoms with E-state index in [1.165, 1.54) is 71.0 Å². The largest absolute Gasteiger partial charge is 0.303 e. The van der Waals surface area contributed by atoms with Gasteiger partial charge in [0.15, 0.2) is 10.6 Å². The number of likely N-dealkylation sites (tertiary alicyclic amines) is 2. The fraction of sp³-hybridized carbons (Fsp3) is 0.696. The van der Waals surface area contributed by atoms with Crippen LogP contribution in [0.5, 0.6) is 0 Å². The molecule has 2 aromatic heterocycles. The number of pyridine rings is 1. The summed E-state index contributed by atoms with van der Waals surface area (Å²) in [5.74, 6) is 1.85. The second-order valence-corrected chi connectivity index (χ2v) is 9.73. The van der Waals surface area contributed by atoms with Crippen molar-refractivity contribution in [1.82, 2.24) is 29.1 Å². The summed E-state index contributed by atoms with van der Waals surface area (Å²) in [7, 11) is 0. The molecule has 0 unspecified atom stereocenters. The zero-order chi connectivity index (χ0) is 20.3. The van der Waals surface area contributed by atoms with Gasteiger partial charge in [-0.05, 0) is 81.9 Å². The highest BCUT2D eigenvalue weighted by Crippen LogP contribution is 2.38. The predicted octanol–water partition coefficient (Wildman–Crippen LogP) is 4.36. The summed E-state index contributed by atoms with van der Waals surface area (Å²) in [6.45, 7) is 7.04. The first-order chi connectivity index (χ1) is 14.8. The molecule has 30 heavy (non-hydrogen) atoms. The summed E-state index contributed by atoms with van der Waals surface area (Å²) in [5, 5.41) is 4.96. The summed E-state index contributed by atoms with van der Waals surface area (Å²) in [5.41, 5.74) is 1.11. The Balaban J connectivity index is 1.22. The van der Waals surface area contributed by atoms with E-state index in [1.807, 2.05) is 24.5 Å². The van der Waals surface area contributed by atoms with Crippen LogP contribution in [-0.4, -0.2) is 61.9 Å². The van der Waals surface area contributed by atoms with Crippen LogP contribution in [0.15, 0.2) is 24.5 Å². The maximum absolute atomic E-state index is 5.86. The third kappa shape index (κ3) is 4.68. The van der Waals surface area contributed by atoms with Crippen LogP contribution < -0.4 is 0 Å². The molecule has 0 spiro atoms. The second-order valence-electron chi connectivity index (χ2n) is 9.36. The molecule has 3 fully saturated rings. The molecule has 0 atom stereocenters. The van der Waals surface area contributed by atoms with Crippen LogP contribution in [0.3, 0.4) is 0 Å². The van der Waals surface area contributed by atoms with E-state index >= 15 is 0 Å². The van der Waals surface area contributed by atoms with Crippen molar-refractivity contribution in [3.63, 3.8) is 0 Å². The highest BCUT2D eigenvalue weighted by atomic mass is 32.1. The van der Waals surface area contributed by atoms with E-state index in [9.17, 15) is 0 Å². The highest BCUT2D eigenvalue weighted by Gasteiger charge is 2.30. The van der Waals surface area contributed by atoms with E-state index in [1.54, 1.807) is 0 Å². The molecule has 0 amide bonds. The first-order valence-corrected chi connectivity index (χ1v) is 12.2. The number of hydrogen-bond acceptors (Lipinski definition) is 5. The lowest BCUT2D eigenvalue weighted by Crippen LogP contribution is -2.40. The van der Waals surface area contributed by atoms with E-state index in [4.69, 9.17) is 17.3 Å². The normalized spacial score (nSPS) is 22.3. The minimum absolute atomic E-state index is 0.522. The summed E-state index contributed by atoms with van der Waals surface area (Å²) in [6, 6.07) is 4.59. The van der Waals surface area contributed by atoms with Crippen LogP contribution in [0.2, 0.25) is 0 Å². The molecule has 2 aliphatic heterocycles. The van der Waals surface area contributed by atoms with Crippen LogP contribution in [0.25, 0.3) is 11.4 Å². The van der Waals surface area contributed by atoms with Crippen molar-refractivity contribution in [2.45, 2.75) is 64.1 Å². The number of rotatable bonds is 6. The summed E-state index contributed by atoms with van der Waals surface area (Å²) in [4.78, 5) is 9.42. The molecule has 6 nitrogen and oxygen atoms in total. The zero-order valence-corrected chi connectivity index (χ0v) is 18.8. The van der Waals surface area contributed by atoms with Gasteiger partial charge in [0, 0.05) is 43.6 Å². The first-order valence-electron chi connectivity index (χ1n) is 11.8. The number of aromatic nitrogens is 4. The maximum Gasteiger partial charge on any atom is 0.199 e. The molecule has 0 bridgehead atoms. The Bertz CT molecular complexity index is 871. The number of hydrogen-bond donors (Lipinski definition) is 0. The van der Waals surface area contributed by atoms with Crippen LogP contribution in [0, 0.1) is 10.7 Å². The molecular formula is C23H34N6S. The molecule has 2 aromatic rings. The standard InChI is InChI=1S/C23H34N6S/c30-23-28(25-22(29(23)21-5-6-21)20-7-11-24-12-8-20)18-27-15-9-19(10-16-27)17-26-13-3-1-2-4-14-26/h7-8,11-12,19,21H,1-6,9-10,13-18H2. The Morgan fingerprint density at radius 1 is 0.867 bits per heavy atom. The van der Waals surface area contributed by atoms with Gasteiger partial charge >= 0.3 is 0 Å². The van der Waals surface area contributed by atoms with Gasteiger partial charge in [-0.2, -0.15) is 5.10 Å². The van der Waals surface area contributed by atoms with Crippen molar-refractivity contribution in [3.8, 4) is 11.4 Å². The summed E-state index contributed by atoms with van der Waals surface area (Å²) >= 11 is 5.86. The van der Waals surface area contributed by atoms with Crippen LogP contribution in [0.4, 0.5) is 0 Å². The van der Waals surface area contributed by atoms with Crippen LogP contribution >= 0.6 is 12.2 Å². The molecule has 4 heterocycles. The van der Waals surface area contributed by atoms with E-state index in [0.29, 0.717) is 6.04 Å². The van der Waals surface area contributed by atoms with E-state index in [2.05, 4.69) is 24.0 Å². The van der Waals surface area contributed by atoms with Gasteiger partial charge in [-0.25, -0.2) is 4.68 Å². The van der Waals surface area contributed by atoms with Crippen molar-refractivity contribution >= 4 is 12.2 Å². The molecular weight excluding hydrogens is 392 g/mol. The molecule has 0 radical (unpaired) electrons. The average Bonchev–Trinajstić information content (AvgIpc) is 3.59. The molecule has 1 saturated carbocycles. The quantitative estimate of drug-likeness (QED) is 0.642. The Labute approximate surface area is 184 Å². The predicted molar refractivity (Wildman–Crippen MR) is 122 cm³/mol. The smallest absolute Gasteiger partial charge is 0.199 e. The van der Waals surface area contributed by atoms with Crippen LogP contribution in [0.1, 0.15) is 57.4 Å². The fourth-order valence-electron chi connectivity index (χ4n) is 5.06. The summed E-state index contributed by atoms with van der Waals surface area (Å²) < 4.78 is 5.20. The van der Waals surface area contributed by atoms with Gasteiger partial charge in [-0.3, -0.25) is 14.5 Å². The van der Waals surface area contributed by atoms with Crippen molar-refractivity contribution in [1.29, 1.82) is 0 Å². The van der Waals surface area contributed by atoms with Gasteiger partial charge in [-0.1, -0.05) is 12.8 Å². The second kappa shape index (κ2) is 9.28. The third-order valence-electron chi connectivity index (χ3n) is 6.98. The fourth-order valence-corrected chi connectivity index (χ4v) is 5.39. The van der Waals surface area contributed by atoms with E-state index in [-0.39, 0.29) is 0 Å². The van der Waals surface area contributed by atoms with Gasteiger partial charge in [0.05, 0.1) is 6.67 Å². The lowest BCUT2D eigenvalue weighted by molar-refractivity contribution is 0.116. The first kappa shape index (κ1) is 20.3. The lowest BCUT2D eigenvalue weighted by Gasteiger charge is -2.34. The topological polar surface area (TPSA) is 42.1 Å². The highest BCUT2D eigenvalue weighted by molar-refractivity contribution is 7.71. The SMILES string of the molecule is S=c1n(CN2CCC(CN3CCCCCC3)CC2)nc(-c2ccncc2)n1C1CC1. The molecule has 0 N–H and O–H groups in total. The monoisotopic (exact) mass is 426 g/mol. The van der Waals surface area contributed by atoms with Gasteiger partial charge in [0.2, 0.25) is 0 Å². The Hall–Kier alpha value is -1.57. The Morgan fingerprint density at radius 3 is 2.23 bits per heavy atom. The maximum atomic E-state index is 5.86. The third-order valence-corrected chi connectivity index (χ3v) is 7.38. The molecule has 1 aliphatic carbocycles. The van der Waals surface area contributed by atoms with Gasteiger partial charge in [-0.15, -0.1) is 0 Å². The number of nitrogens with zero attached hydrogens (tertiary/aromatic N) is 6. The van der Waals surface area contributed by atoms with Crippen molar-refractivity contribution in [2.24, 2.45) is 5.92 Å². The summed E-state index contributed by atoms with van der Waals surface area (Å²) in [6.07, 6.45) is 14.3. The lowest BCUT2D eigenvalue weighted by atomic mass is 9.96. The van der Waals surface area contributed by atoms with Crippen LogP contribution in [-0.2, 0) is 6.67 Å². The minimum Gasteiger partial charge on any atom is -0.303 e. The van der Waals surface area contributed by atoms with E-state index < -0.39 is 0 Å². The molecule has 7 heteroatoms. The van der Waals surface area contributed by atoms with Gasteiger partial charge in [0.25, 0.3) is 0 Å². The molecule has 0 aromatic carbocycles. The van der Waals surface area contributed by atoms with Crippen molar-refractivity contribution in [3.05, 3.63) is 29.3 Å². The van der Waals surface area contributed by atoms with Gasteiger partial charge in [0.1, 0.15) is 0 Å². The molecule has 2 saturated heterocycles. The van der Waals surface area contributed by atoms with E-state index in [0.717, 1.165) is 41.8 Å². The molecule has 5 rings (SSSR count). The van der Waals surface area contributed by atoms with Crippen molar-refractivity contribution < 1.29 is 0 Å². The van der Waals surface area contributed by atoms with Gasteiger partial charge < -0.3 is 4.90 Å². The Kier molecular flexibility index (Phi) is 6.29. The average molecular weight is 427 g/mol. The molecule has 162 valence electrons. The number of piperidine rings is 1. The van der Waals surface area contributed by atoms with Crippen molar-refractivity contribution in [2.75, 3.05) is 32.7 Å². The molecule has 3 aliphatic rings. The zero-order valence-electron chi connectivity index (χ0n) is 18.0. The minimum atomic E-state index is 0.522.